The van der Waals surface area contributed by atoms with Gasteiger partial charge in [0, 0.05) is 22.7 Å². The zero-order valence-corrected chi connectivity index (χ0v) is 16.5. The fourth-order valence-electron chi connectivity index (χ4n) is 2.49. The second kappa shape index (κ2) is 8.24. The number of aromatic nitrogens is 3. The molecule has 0 amide bonds. The van der Waals surface area contributed by atoms with E-state index in [1.807, 2.05) is 12.1 Å². The number of methoxy groups -OCH3 is 3. The summed E-state index contributed by atoms with van der Waals surface area (Å²) in [5.41, 5.74) is 1.42. The summed E-state index contributed by atoms with van der Waals surface area (Å²) < 4.78 is 18.0. The van der Waals surface area contributed by atoms with E-state index in [1.165, 1.54) is 4.68 Å². The van der Waals surface area contributed by atoms with Gasteiger partial charge in [-0.1, -0.05) is 23.7 Å². The highest BCUT2D eigenvalue weighted by molar-refractivity contribution is 7.71. The molecule has 0 atom stereocenters. The molecule has 9 heteroatoms. The quantitative estimate of drug-likeness (QED) is 0.493. The molecular formula is C18H17ClN4O3S. The summed E-state index contributed by atoms with van der Waals surface area (Å²) >= 11 is 11.4. The molecule has 0 saturated carbocycles. The van der Waals surface area contributed by atoms with Crippen LogP contribution in [0.5, 0.6) is 17.2 Å². The molecule has 0 spiro atoms. The average Bonchev–Trinajstić information content (AvgIpc) is 3.06. The maximum Gasteiger partial charge on any atom is 0.216 e. The monoisotopic (exact) mass is 404 g/mol. The van der Waals surface area contributed by atoms with Crippen molar-refractivity contribution in [2.24, 2.45) is 5.10 Å². The number of hydrogen-bond donors (Lipinski definition) is 1. The number of nitrogens with zero attached hydrogens (tertiary/aromatic N) is 3. The van der Waals surface area contributed by atoms with E-state index in [1.54, 1.807) is 51.8 Å². The molecule has 1 heterocycles. The van der Waals surface area contributed by atoms with Crippen molar-refractivity contribution in [1.82, 2.24) is 14.9 Å². The van der Waals surface area contributed by atoms with Gasteiger partial charge in [0.15, 0.2) is 5.82 Å². The van der Waals surface area contributed by atoms with Crippen molar-refractivity contribution in [3.63, 3.8) is 0 Å². The van der Waals surface area contributed by atoms with E-state index >= 15 is 0 Å². The first-order chi connectivity index (χ1) is 13.1. The van der Waals surface area contributed by atoms with Gasteiger partial charge in [-0.3, -0.25) is 0 Å². The number of benzene rings is 2. The number of halogens is 1. The molecule has 0 bridgehead atoms. The number of aromatic amines is 1. The molecule has 0 unspecified atom stereocenters. The Morgan fingerprint density at radius 2 is 1.81 bits per heavy atom. The molecule has 3 aromatic rings. The molecule has 7 nitrogen and oxygen atoms in total. The number of hydrogen-bond acceptors (Lipinski definition) is 6. The molecular weight excluding hydrogens is 388 g/mol. The van der Waals surface area contributed by atoms with Crippen LogP contribution in [0.15, 0.2) is 41.5 Å². The molecule has 27 heavy (non-hydrogen) atoms. The lowest BCUT2D eigenvalue weighted by atomic mass is 10.2. The second-order valence-electron chi connectivity index (χ2n) is 5.36. The minimum Gasteiger partial charge on any atom is -0.496 e. The molecule has 0 radical (unpaired) electrons. The van der Waals surface area contributed by atoms with E-state index in [4.69, 9.17) is 38.0 Å². The van der Waals surface area contributed by atoms with Crippen LogP contribution in [0.25, 0.3) is 11.4 Å². The van der Waals surface area contributed by atoms with Gasteiger partial charge in [0.05, 0.1) is 33.1 Å². The third-order valence-electron chi connectivity index (χ3n) is 3.79. The highest BCUT2D eigenvalue weighted by Gasteiger charge is 2.13. The van der Waals surface area contributed by atoms with Crippen molar-refractivity contribution in [2.45, 2.75) is 0 Å². The van der Waals surface area contributed by atoms with Gasteiger partial charge in [-0.15, -0.1) is 0 Å². The van der Waals surface area contributed by atoms with E-state index in [0.717, 1.165) is 5.56 Å². The van der Waals surface area contributed by atoms with Crippen molar-refractivity contribution in [2.75, 3.05) is 21.3 Å². The van der Waals surface area contributed by atoms with Crippen LogP contribution >= 0.6 is 23.8 Å². The van der Waals surface area contributed by atoms with Crippen molar-refractivity contribution >= 4 is 30.0 Å². The summed E-state index contributed by atoms with van der Waals surface area (Å²) in [4.78, 5) is 0. The minimum absolute atomic E-state index is 0.340. The fraction of sp³-hybridized carbons (Fsp3) is 0.167. The van der Waals surface area contributed by atoms with Gasteiger partial charge < -0.3 is 14.2 Å². The number of nitrogens with one attached hydrogen (secondary N) is 1. The molecule has 3 rings (SSSR count). The SMILES string of the molecule is COc1cc(OC)c(/C=N\n2c(-c3cccc(Cl)c3)n[nH]c2=S)c(OC)c1. The van der Waals surface area contributed by atoms with Gasteiger partial charge in [-0.2, -0.15) is 14.9 Å². The molecule has 2 aromatic carbocycles. The predicted molar refractivity (Wildman–Crippen MR) is 107 cm³/mol. The Kier molecular flexibility index (Phi) is 5.78. The summed E-state index contributed by atoms with van der Waals surface area (Å²) in [6.07, 6.45) is 1.59. The molecule has 0 fully saturated rings. The highest BCUT2D eigenvalue weighted by atomic mass is 35.5. The van der Waals surface area contributed by atoms with Gasteiger partial charge in [-0.05, 0) is 24.4 Å². The Bertz CT molecular complexity index is 1020. The third-order valence-corrected chi connectivity index (χ3v) is 4.29. The lowest BCUT2D eigenvalue weighted by molar-refractivity contribution is 0.374. The molecule has 1 N–H and O–H groups in total. The molecule has 0 aliphatic heterocycles. The van der Waals surface area contributed by atoms with Crippen molar-refractivity contribution in [3.05, 3.63) is 51.8 Å². The van der Waals surface area contributed by atoms with Crippen molar-refractivity contribution in [1.29, 1.82) is 0 Å². The Balaban J connectivity index is 2.08. The Morgan fingerprint density at radius 3 is 2.41 bits per heavy atom. The zero-order valence-electron chi connectivity index (χ0n) is 14.9. The van der Waals surface area contributed by atoms with Crippen molar-refractivity contribution < 1.29 is 14.2 Å². The van der Waals surface area contributed by atoms with Gasteiger partial charge in [0.2, 0.25) is 4.77 Å². The Labute approximate surface area is 166 Å². The number of H-pyrrole nitrogens is 1. The van der Waals surface area contributed by atoms with E-state index in [2.05, 4.69) is 15.3 Å². The maximum atomic E-state index is 6.08. The van der Waals surface area contributed by atoms with Crippen LogP contribution < -0.4 is 14.2 Å². The van der Waals surface area contributed by atoms with Crippen LogP contribution in [0.1, 0.15) is 5.56 Å². The lowest BCUT2D eigenvalue weighted by Gasteiger charge is -2.12. The molecule has 140 valence electrons. The topological polar surface area (TPSA) is 73.7 Å². The van der Waals surface area contributed by atoms with Crippen LogP contribution in [0, 0.1) is 4.77 Å². The Morgan fingerprint density at radius 1 is 1.11 bits per heavy atom. The lowest BCUT2D eigenvalue weighted by Crippen LogP contribution is -2.00. The second-order valence-corrected chi connectivity index (χ2v) is 6.19. The number of rotatable bonds is 6. The predicted octanol–water partition coefficient (Wildman–Crippen LogP) is 4.17. The summed E-state index contributed by atoms with van der Waals surface area (Å²) in [7, 11) is 4.70. The van der Waals surface area contributed by atoms with Gasteiger partial charge >= 0.3 is 0 Å². The van der Waals surface area contributed by atoms with Crippen LogP contribution in [-0.4, -0.2) is 42.4 Å². The van der Waals surface area contributed by atoms with E-state index in [-0.39, 0.29) is 0 Å². The van der Waals surface area contributed by atoms with Crippen LogP contribution in [-0.2, 0) is 0 Å². The zero-order chi connectivity index (χ0) is 19.4. The van der Waals surface area contributed by atoms with E-state index < -0.39 is 0 Å². The van der Waals surface area contributed by atoms with E-state index in [9.17, 15) is 0 Å². The summed E-state index contributed by atoms with van der Waals surface area (Å²) in [5.74, 6) is 2.24. The summed E-state index contributed by atoms with van der Waals surface area (Å²) in [6, 6.07) is 10.8. The van der Waals surface area contributed by atoms with Crippen LogP contribution in [0.3, 0.4) is 0 Å². The van der Waals surface area contributed by atoms with Gasteiger partial charge in [-0.25, -0.2) is 5.10 Å². The summed E-state index contributed by atoms with van der Waals surface area (Å²) in [6.45, 7) is 0. The molecule has 0 aliphatic rings. The standard InChI is InChI=1S/C18H17ClN4O3S/c1-24-13-8-15(25-2)14(16(9-13)26-3)10-20-23-17(21-22-18(23)27)11-5-4-6-12(19)7-11/h4-10H,1-3H3,(H,22,27)/b20-10-. The minimum atomic E-state index is 0.340. The Hall–Kier alpha value is -2.84. The van der Waals surface area contributed by atoms with Gasteiger partial charge in [0.1, 0.15) is 17.2 Å². The normalized spacial score (nSPS) is 11.0. The van der Waals surface area contributed by atoms with Crippen molar-refractivity contribution in [3.8, 4) is 28.6 Å². The first-order valence-corrected chi connectivity index (χ1v) is 8.63. The fourth-order valence-corrected chi connectivity index (χ4v) is 2.86. The molecule has 0 saturated heterocycles. The van der Waals surface area contributed by atoms with Gasteiger partial charge in [0.25, 0.3) is 0 Å². The first kappa shape index (κ1) is 18.9. The van der Waals surface area contributed by atoms with Crippen LogP contribution in [0.4, 0.5) is 0 Å². The average molecular weight is 405 g/mol. The molecule has 1 aromatic heterocycles. The first-order valence-electron chi connectivity index (χ1n) is 7.85. The number of ether oxygens (including phenoxy) is 3. The smallest absolute Gasteiger partial charge is 0.216 e. The van der Waals surface area contributed by atoms with Crippen LogP contribution in [0.2, 0.25) is 5.02 Å². The third kappa shape index (κ3) is 3.96. The van der Waals surface area contributed by atoms with E-state index in [0.29, 0.717) is 38.4 Å². The summed E-state index contributed by atoms with van der Waals surface area (Å²) in [5, 5.41) is 12.0. The highest BCUT2D eigenvalue weighted by Crippen LogP contribution is 2.32. The maximum absolute atomic E-state index is 6.08. The molecule has 0 aliphatic carbocycles. The largest absolute Gasteiger partial charge is 0.496 e.